The lowest BCUT2D eigenvalue weighted by atomic mass is 9.84. The van der Waals surface area contributed by atoms with E-state index in [1.165, 1.54) is 13.2 Å². The summed E-state index contributed by atoms with van der Waals surface area (Å²) in [5.74, 6) is 0.443. The van der Waals surface area contributed by atoms with Gasteiger partial charge >= 0.3 is 6.18 Å². The van der Waals surface area contributed by atoms with Crippen molar-refractivity contribution >= 4 is 17.3 Å². The lowest BCUT2D eigenvalue weighted by Gasteiger charge is -2.46. The highest BCUT2D eigenvalue weighted by molar-refractivity contribution is 6.12. The predicted octanol–water partition coefficient (Wildman–Crippen LogP) is 5.42. The molecule has 0 spiro atoms. The van der Waals surface area contributed by atoms with Gasteiger partial charge in [0.1, 0.15) is 0 Å². The summed E-state index contributed by atoms with van der Waals surface area (Å²) < 4.78 is 45.5. The third-order valence-corrected chi connectivity index (χ3v) is 6.40. The van der Waals surface area contributed by atoms with E-state index < -0.39 is 11.7 Å². The van der Waals surface area contributed by atoms with Crippen molar-refractivity contribution in [3.63, 3.8) is 0 Å². The molecular weight excluding hydrogens is 407 g/mol. The van der Waals surface area contributed by atoms with Crippen molar-refractivity contribution in [2.24, 2.45) is 5.92 Å². The maximum Gasteiger partial charge on any atom is 0.416 e. The first-order chi connectivity index (χ1) is 14.7. The van der Waals surface area contributed by atoms with Crippen molar-refractivity contribution in [1.29, 1.82) is 0 Å². The Morgan fingerprint density at radius 2 is 1.84 bits per heavy atom. The number of carbonyl (C=O) groups excluding carboxylic acids is 1. The monoisotopic (exact) mass is 433 g/mol. The Bertz CT molecular complexity index is 993. The van der Waals surface area contributed by atoms with E-state index in [0.717, 1.165) is 37.8 Å². The molecule has 0 bridgehead atoms. The molecule has 0 saturated heterocycles. The van der Waals surface area contributed by atoms with Crippen LogP contribution in [0.3, 0.4) is 0 Å². The van der Waals surface area contributed by atoms with Crippen LogP contribution >= 0.6 is 0 Å². The lowest BCUT2D eigenvalue weighted by molar-refractivity contribution is -0.137. The normalized spacial score (nSPS) is 21.8. The molecule has 5 nitrogen and oxygen atoms in total. The maximum absolute atomic E-state index is 13.4. The summed E-state index contributed by atoms with van der Waals surface area (Å²) in [7, 11) is 1.52. The summed E-state index contributed by atoms with van der Waals surface area (Å²) in [5.41, 5.74) is 1.17. The van der Waals surface area contributed by atoms with Gasteiger partial charge in [-0.1, -0.05) is 19.8 Å². The third-order valence-electron chi connectivity index (χ3n) is 6.40. The Morgan fingerprint density at radius 1 is 1.10 bits per heavy atom. The Hall–Kier alpha value is -2.77. The largest absolute Gasteiger partial charge is 0.481 e. The van der Waals surface area contributed by atoms with E-state index in [1.807, 2.05) is 4.90 Å². The number of halogens is 3. The number of carbonyl (C=O) groups is 1. The molecule has 4 rings (SSSR count). The average Bonchev–Trinajstić information content (AvgIpc) is 2.74. The van der Waals surface area contributed by atoms with E-state index in [9.17, 15) is 18.0 Å². The van der Waals surface area contributed by atoms with Gasteiger partial charge in [-0.2, -0.15) is 13.2 Å². The summed E-state index contributed by atoms with van der Waals surface area (Å²) in [6.07, 6.45) is -0.414. The number of methoxy groups -OCH3 is 1. The van der Waals surface area contributed by atoms with Gasteiger partial charge in [0.25, 0.3) is 5.91 Å². The minimum atomic E-state index is -4.46. The molecule has 2 heterocycles. The highest BCUT2D eigenvalue weighted by Gasteiger charge is 2.39. The molecule has 1 fully saturated rings. The smallest absolute Gasteiger partial charge is 0.416 e. The quantitative estimate of drug-likeness (QED) is 0.648. The second-order valence-electron chi connectivity index (χ2n) is 8.36. The van der Waals surface area contributed by atoms with Crippen LogP contribution in [0, 0.1) is 12.8 Å². The first-order valence-electron chi connectivity index (χ1n) is 10.5. The summed E-state index contributed by atoms with van der Waals surface area (Å²) in [6, 6.07) is 6.95. The number of alkyl halides is 3. The van der Waals surface area contributed by atoms with Gasteiger partial charge in [-0.15, -0.1) is 0 Å². The number of aryl methyl sites for hydroxylation is 1. The first-order valence-corrected chi connectivity index (χ1v) is 10.5. The van der Waals surface area contributed by atoms with Gasteiger partial charge < -0.3 is 9.64 Å². The number of hydrogen-bond acceptors (Lipinski definition) is 4. The van der Waals surface area contributed by atoms with E-state index in [4.69, 9.17) is 4.74 Å². The van der Waals surface area contributed by atoms with Gasteiger partial charge in [0, 0.05) is 12.1 Å². The molecule has 1 amide bonds. The fraction of sp³-hybridized carbons (Fsp3) is 0.478. The number of amides is 1. The minimum absolute atomic E-state index is 0.0677. The molecule has 2 aromatic rings. The second kappa shape index (κ2) is 8.05. The highest BCUT2D eigenvalue weighted by atomic mass is 19.4. The van der Waals surface area contributed by atoms with Gasteiger partial charge in [0.15, 0.2) is 0 Å². The minimum Gasteiger partial charge on any atom is -0.481 e. The Kier molecular flexibility index (Phi) is 5.58. The van der Waals surface area contributed by atoms with Crippen LogP contribution < -0.4 is 14.5 Å². The van der Waals surface area contributed by atoms with Gasteiger partial charge in [-0.25, -0.2) is 4.98 Å². The molecular formula is C23H26F3N3O2. The standard InChI is InChI=1S/C23H26F3N3O2/c1-14-6-4-5-7-18(14)28-13-29(19-10-11-21(31-3)27-15(19)2)22(30)17-9-8-16(12-20(17)28)23(24,25)26/h8-12,14,18H,4-7,13H2,1-3H3. The van der Waals surface area contributed by atoms with Crippen molar-refractivity contribution in [3.8, 4) is 5.88 Å². The lowest BCUT2D eigenvalue weighted by Crippen LogP contribution is -2.53. The van der Waals surface area contributed by atoms with E-state index in [1.54, 1.807) is 24.0 Å². The van der Waals surface area contributed by atoms with E-state index >= 15 is 0 Å². The zero-order valence-corrected chi connectivity index (χ0v) is 17.9. The van der Waals surface area contributed by atoms with Gasteiger partial charge in [-0.3, -0.25) is 9.69 Å². The third kappa shape index (κ3) is 3.95. The topological polar surface area (TPSA) is 45.7 Å². The van der Waals surface area contributed by atoms with Crippen molar-refractivity contribution in [2.45, 2.75) is 51.7 Å². The van der Waals surface area contributed by atoms with Crippen molar-refractivity contribution in [3.05, 3.63) is 47.2 Å². The van der Waals surface area contributed by atoms with Crippen molar-refractivity contribution in [1.82, 2.24) is 4.98 Å². The fourth-order valence-corrected chi connectivity index (χ4v) is 4.72. The Labute approximate surface area is 179 Å². The van der Waals surface area contributed by atoms with Crippen LogP contribution in [0.1, 0.15) is 54.2 Å². The highest BCUT2D eigenvalue weighted by Crippen LogP contribution is 2.41. The predicted molar refractivity (Wildman–Crippen MR) is 113 cm³/mol. The van der Waals surface area contributed by atoms with Crippen molar-refractivity contribution in [2.75, 3.05) is 23.6 Å². The molecule has 2 atom stereocenters. The molecule has 0 N–H and O–H groups in total. The molecule has 1 aliphatic heterocycles. The summed E-state index contributed by atoms with van der Waals surface area (Å²) in [6.45, 7) is 4.12. The van der Waals surface area contributed by atoms with E-state index in [0.29, 0.717) is 28.9 Å². The van der Waals surface area contributed by atoms with Gasteiger partial charge in [-0.05, 0) is 49.9 Å². The van der Waals surface area contributed by atoms with Crippen LogP contribution in [0.2, 0.25) is 0 Å². The Morgan fingerprint density at radius 3 is 2.48 bits per heavy atom. The Balaban J connectivity index is 1.81. The fourth-order valence-electron chi connectivity index (χ4n) is 4.72. The number of anilines is 2. The first kappa shape index (κ1) is 21.5. The van der Waals surface area contributed by atoms with Gasteiger partial charge in [0.05, 0.1) is 42.0 Å². The number of pyridine rings is 1. The molecule has 2 aliphatic rings. The number of hydrogen-bond donors (Lipinski definition) is 0. The molecule has 2 unspecified atom stereocenters. The average molecular weight is 433 g/mol. The zero-order chi connectivity index (χ0) is 22.3. The molecule has 1 saturated carbocycles. The summed E-state index contributed by atoms with van der Waals surface area (Å²) in [4.78, 5) is 21.3. The second-order valence-corrected chi connectivity index (χ2v) is 8.36. The van der Waals surface area contributed by atoms with E-state index in [2.05, 4.69) is 11.9 Å². The van der Waals surface area contributed by atoms with Crippen molar-refractivity contribution < 1.29 is 22.7 Å². The maximum atomic E-state index is 13.4. The molecule has 8 heteroatoms. The number of ether oxygens (including phenoxy) is 1. The van der Waals surface area contributed by atoms with Crippen LogP contribution in [0.4, 0.5) is 24.5 Å². The van der Waals surface area contributed by atoms with Crippen LogP contribution in [-0.4, -0.2) is 30.7 Å². The van der Waals surface area contributed by atoms with Crippen LogP contribution in [0.25, 0.3) is 0 Å². The van der Waals surface area contributed by atoms with E-state index in [-0.39, 0.29) is 24.2 Å². The van der Waals surface area contributed by atoms with Crippen LogP contribution in [0.15, 0.2) is 30.3 Å². The summed E-state index contributed by atoms with van der Waals surface area (Å²) >= 11 is 0. The number of benzene rings is 1. The number of nitrogens with zero attached hydrogens (tertiary/aromatic N) is 3. The SMILES string of the molecule is COc1ccc(N2CN(C3CCCCC3C)c3cc(C(F)(F)F)ccc3C2=O)c(C)n1. The zero-order valence-electron chi connectivity index (χ0n) is 17.9. The van der Waals surface area contributed by atoms with Gasteiger partial charge in [0.2, 0.25) is 5.88 Å². The number of rotatable bonds is 3. The molecule has 1 aromatic carbocycles. The molecule has 1 aromatic heterocycles. The van der Waals surface area contributed by atoms with Crippen LogP contribution in [-0.2, 0) is 6.18 Å². The molecule has 31 heavy (non-hydrogen) atoms. The molecule has 0 radical (unpaired) electrons. The number of aromatic nitrogens is 1. The summed E-state index contributed by atoms with van der Waals surface area (Å²) in [5, 5.41) is 0. The molecule has 166 valence electrons. The number of fused-ring (bicyclic) bond motifs is 1. The van der Waals surface area contributed by atoms with Crippen LogP contribution in [0.5, 0.6) is 5.88 Å². The molecule has 1 aliphatic carbocycles.